The molecule has 1 fully saturated rings. The van der Waals surface area contributed by atoms with Gasteiger partial charge >= 0.3 is 5.97 Å². The lowest BCUT2D eigenvalue weighted by molar-refractivity contribution is -0.214. The number of hydrogen-bond acceptors (Lipinski definition) is 7. The number of benzene rings is 1. The summed E-state index contributed by atoms with van der Waals surface area (Å²) in [5.41, 5.74) is -3.68. The van der Waals surface area contributed by atoms with Crippen molar-refractivity contribution in [2.45, 2.75) is 42.7 Å². The Labute approximate surface area is 144 Å². The van der Waals surface area contributed by atoms with E-state index in [0.29, 0.717) is 5.56 Å². The van der Waals surface area contributed by atoms with Crippen LogP contribution >= 0.6 is 0 Å². The van der Waals surface area contributed by atoms with Crippen molar-refractivity contribution < 1.29 is 40.2 Å². The highest BCUT2D eigenvalue weighted by Crippen LogP contribution is 2.38. The van der Waals surface area contributed by atoms with Crippen molar-refractivity contribution >= 4 is 12.0 Å². The number of carboxylic acids is 1. The molecule has 25 heavy (non-hydrogen) atoms. The Balaban J connectivity index is 2.18. The van der Waals surface area contributed by atoms with Crippen LogP contribution < -0.4 is 4.74 Å². The third-order valence-corrected chi connectivity index (χ3v) is 4.44. The van der Waals surface area contributed by atoms with Gasteiger partial charge in [0.1, 0.15) is 6.10 Å². The van der Waals surface area contributed by atoms with Crippen LogP contribution in [0.1, 0.15) is 24.8 Å². The van der Waals surface area contributed by atoms with Gasteiger partial charge in [-0.05, 0) is 24.1 Å². The Morgan fingerprint density at radius 3 is 2.64 bits per heavy atom. The number of carboxylic acid groups (broad SMARTS) is 1. The molecule has 6 N–H and O–H groups in total. The van der Waals surface area contributed by atoms with E-state index in [-0.39, 0.29) is 17.9 Å². The van der Waals surface area contributed by atoms with Gasteiger partial charge in [0.2, 0.25) is 0 Å². The minimum absolute atomic E-state index is 0.0318. The van der Waals surface area contributed by atoms with E-state index in [1.807, 2.05) is 0 Å². The fourth-order valence-corrected chi connectivity index (χ4v) is 3.05. The molecule has 138 valence electrons. The molecule has 0 aromatic heterocycles. The van der Waals surface area contributed by atoms with Crippen molar-refractivity contribution in [3.63, 3.8) is 0 Å². The summed E-state index contributed by atoms with van der Waals surface area (Å²) in [6, 6.07) is 4.57. The lowest BCUT2D eigenvalue weighted by atomic mass is 9.70. The number of aliphatic hydroxyl groups excluding tert-OH is 2. The van der Waals surface area contributed by atoms with Crippen LogP contribution in [0.4, 0.5) is 0 Å². The number of ether oxygens (including phenoxy) is 1. The van der Waals surface area contributed by atoms with Gasteiger partial charge in [-0.2, -0.15) is 0 Å². The van der Waals surface area contributed by atoms with Gasteiger partial charge in [0.25, 0.3) is 0 Å². The largest absolute Gasteiger partial charge is 0.504 e. The van der Waals surface area contributed by atoms with Crippen LogP contribution in [0.5, 0.6) is 11.5 Å². The van der Waals surface area contributed by atoms with Crippen LogP contribution in [0.25, 0.3) is 6.08 Å². The second kappa shape index (κ2) is 7.01. The average molecular weight is 354 g/mol. The second-order valence-corrected chi connectivity index (χ2v) is 6.37. The van der Waals surface area contributed by atoms with E-state index in [0.717, 1.165) is 0 Å². The molecule has 0 spiro atoms. The van der Waals surface area contributed by atoms with E-state index in [4.69, 9.17) is 9.84 Å². The SMILES string of the molecule is COc1cc(/C=C/C[C@@]2(O)CC(O)(C(=O)O)C[C@@H](O)C2O)ccc1O. The summed E-state index contributed by atoms with van der Waals surface area (Å²) in [7, 11) is 1.40. The van der Waals surface area contributed by atoms with Gasteiger partial charge in [0, 0.05) is 12.8 Å². The van der Waals surface area contributed by atoms with Crippen molar-refractivity contribution in [1.82, 2.24) is 0 Å². The zero-order valence-corrected chi connectivity index (χ0v) is 13.7. The maximum Gasteiger partial charge on any atom is 0.335 e. The van der Waals surface area contributed by atoms with Crippen molar-refractivity contribution in [1.29, 1.82) is 0 Å². The first-order chi connectivity index (χ1) is 11.6. The summed E-state index contributed by atoms with van der Waals surface area (Å²) >= 11 is 0. The molecular weight excluding hydrogens is 332 g/mol. The lowest BCUT2D eigenvalue weighted by Crippen LogP contribution is -2.62. The number of aliphatic carboxylic acids is 1. The van der Waals surface area contributed by atoms with E-state index in [1.165, 1.54) is 19.3 Å². The third-order valence-electron chi connectivity index (χ3n) is 4.44. The second-order valence-electron chi connectivity index (χ2n) is 6.37. The maximum atomic E-state index is 11.2. The number of hydrogen-bond donors (Lipinski definition) is 6. The number of rotatable bonds is 5. The van der Waals surface area contributed by atoms with Gasteiger partial charge in [-0.1, -0.05) is 18.2 Å². The van der Waals surface area contributed by atoms with E-state index in [9.17, 15) is 30.3 Å². The number of phenolic OH excluding ortho intramolecular Hbond substituents is 1. The van der Waals surface area contributed by atoms with Crippen LogP contribution in [-0.4, -0.2) is 67.1 Å². The first kappa shape index (κ1) is 19.2. The molecule has 0 heterocycles. The molecule has 1 saturated carbocycles. The summed E-state index contributed by atoms with van der Waals surface area (Å²) in [4.78, 5) is 11.2. The molecule has 1 aliphatic carbocycles. The Hall–Kier alpha value is -2.13. The van der Waals surface area contributed by atoms with Crippen LogP contribution in [-0.2, 0) is 4.79 Å². The van der Waals surface area contributed by atoms with E-state index < -0.39 is 42.2 Å². The highest BCUT2D eigenvalue weighted by atomic mass is 16.5. The molecule has 8 nitrogen and oxygen atoms in total. The Bertz CT molecular complexity index is 673. The molecule has 4 atom stereocenters. The van der Waals surface area contributed by atoms with Gasteiger partial charge in [0.15, 0.2) is 17.1 Å². The highest BCUT2D eigenvalue weighted by Gasteiger charge is 2.55. The monoisotopic (exact) mass is 354 g/mol. The fraction of sp³-hybridized carbons (Fsp3) is 0.471. The van der Waals surface area contributed by atoms with Gasteiger partial charge in [-0.15, -0.1) is 0 Å². The van der Waals surface area contributed by atoms with Crippen LogP contribution in [0.2, 0.25) is 0 Å². The Kier molecular flexibility index (Phi) is 5.38. The zero-order valence-electron chi connectivity index (χ0n) is 13.7. The van der Waals surface area contributed by atoms with E-state index >= 15 is 0 Å². The predicted molar refractivity (Wildman–Crippen MR) is 87.1 cm³/mol. The van der Waals surface area contributed by atoms with Gasteiger partial charge in [0.05, 0.1) is 18.8 Å². The summed E-state index contributed by atoms with van der Waals surface area (Å²) in [5.74, 6) is -1.34. The minimum Gasteiger partial charge on any atom is -0.504 e. The molecule has 8 heteroatoms. The lowest BCUT2D eigenvalue weighted by Gasteiger charge is -2.45. The van der Waals surface area contributed by atoms with Crippen molar-refractivity contribution in [3.05, 3.63) is 29.8 Å². The number of aromatic hydroxyl groups is 1. The smallest absolute Gasteiger partial charge is 0.335 e. The van der Waals surface area contributed by atoms with E-state index in [2.05, 4.69) is 0 Å². The molecule has 2 rings (SSSR count). The number of carbonyl (C=O) groups is 1. The molecule has 0 aliphatic heterocycles. The standard InChI is InChI=1S/C17H22O8/c1-25-13-7-10(4-5-11(13)18)3-2-6-16(23)9-17(24,15(21)22)8-12(19)14(16)20/h2-5,7,12,14,18-20,23-24H,6,8-9H2,1H3,(H,21,22)/b3-2+/t12-,14?,16-,17?/m1/s1. The van der Waals surface area contributed by atoms with Crippen molar-refractivity contribution in [2.75, 3.05) is 7.11 Å². The number of methoxy groups -OCH3 is 1. The van der Waals surface area contributed by atoms with E-state index in [1.54, 1.807) is 18.2 Å². The Morgan fingerprint density at radius 1 is 1.36 bits per heavy atom. The summed E-state index contributed by atoms with van der Waals surface area (Å²) in [5, 5.41) is 59.2. The summed E-state index contributed by atoms with van der Waals surface area (Å²) < 4.78 is 4.98. The molecule has 0 radical (unpaired) electrons. The van der Waals surface area contributed by atoms with Gasteiger partial charge in [-0.3, -0.25) is 0 Å². The Morgan fingerprint density at radius 2 is 2.04 bits per heavy atom. The first-order valence-corrected chi connectivity index (χ1v) is 7.69. The molecule has 0 saturated heterocycles. The summed E-state index contributed by atoms with van der Waals surface area (Å²) in [6.45, 7) is 0. The van der Waals surface area contributed by atoms with Crippen molar-refractivity contribution in [2.24, 2.45) is 0 Å². The number of aliphatic hydroxyl groups is 4. The first-order valence-electron chi connectivity index (χ1n) is 7.69. The maximum absolute atomic E-state index is 11.2. The highest BCUT2D eigenvalue weighted by molar-refractivity contribution is 5.77. The molecule has 0 amide bonds. The zero-order chi connectivity index (χ0) is 18.8. The molecule has 1 aromatic rings. The molecule has 1 aliphatic rings. The quantitative estimate of drug-likeness (QED) is 0.428. The van der Waals surface area contributed by atoms with Crippen LogP contribution in [0.3, 0.4) is 0 Å². The molecule has 1 aromatic carbocycles. The van der Waals surface area contributed by atoms with Gasteiger partial charge < -0.3 is 35.4 Å². The molecular formula is C17H22O8. The third kappa shape index (κ3) is 3.93. The van der Waals surface area contributed by atoms with Gasteiger partial charge in [-0.25, -0.2) is 4.79 Å². The minimum atomic E-state index is -2.32. The fourth-order valence-electron chi connectivity index (χ4n) is 3.05. The summed E-state index contributed by atoms with van der Waals surface area (Å²) in [6.07, 6.45) is -1.47. The number of phenols is 1. The average Bonchev–Trinajstić information content (AvgIpc) is 2.54. The normalized spacial score (nSPS) is 32.7. The van der Waals surface area contributed by atoms with Crippen LogP contribution in [0, 0.1) is 0 Å². The van der Waals surface area contributed by atoms with Crippen molar-refractivity contribution in [3.8, 4) is 11.5 Å². The predicted octanol–water partition coefficient (Wildman–Crippen LogP) is -0.134. The topological polar surface area (TPSA) is 148 Å². The molecule has 0 bridgehead atoms. The molecule has 2 unspecified atom stereocenters. The van der Waals surface area contributed by atoms with Crippen LogP contribution in [0.15, 0.2) is 24.3 Å².